The molecule has 0 radical (unpaired) electrons. The first-order chi connectivity index (χ1) is 6.83. The van der Waals surface area contributed by atoms with E-state index in [-0.39, 0.29) is 11.4 Å². The van der Waals surface area contributed by atoms with Crippen LogP contribution in [0.4, 0.5) is 0 Å². The molecule has 0 fully saturated rings. The fraction of sp³-hybridized carbons (Fsp3) is 0.222. The van der Waals surface area contributed by atoms with Gasteiger partial charge in [0.15, 0.2) is 11.4 Å². The van der Waals surface area contributed by atoms with E-state index >= 15 is 0 Å². The number of hydrogen-bond donors (Lipinski definition) is 1. The number of allylic oxidation sites excluding steroid dienone is 1. The molecule has 5 heteroatoms. The van der Waals surface area contributed by atoms with Gasteiger partial charge in [0.25, 0.3) is 0 Å². The molecule has 0 saturated carbocycles. The Morgan fingerprint density at radius 3 is 2.79 bits per heavy atom. The molecule has 0 atom stereocenters. The van der Waals surface area contributed by atoms with Crippen molar-refractivity contribution in [3.8, 4) is 12.1 Å². The molecule has 2 N–H and O–H groups in total. The zero-order valence-corrected chi connectivity index (χ0v) is 7.51. The van der Waals surface area contributed by atoms with Crippen molar-refractivity contribution < 1.29 is 0 Å². The van der Waals surface area contributed by atoms with E-state index in [1.165, 1.54) is 6.33 Å². The summed E-state index contributed by atoms with van der Waals surface area (Å²) in [7, 11) is 0. The zero-order valence-electron chi connectivity index (χ0n) is 7.51. The summed E-state index contributed by atoms with van der Waals surface area (Å²) in [6.45, 7) is 0.969. The van der Waals surface area contributed by atoms with Gasteiger partial charge in [-0.1, -0.05) is 12.2 Å². The normalized spacial score (nSPS) is 9.93. The maximum absolute atomic E-state index is 8.77. The second-order valence-corrected chi connectivity index (χ2v) is 2.52. The fourth-order valence-electron chi connectivity index (χ4n) is 1.00. The van der Waals surface area contributed by atoms with Crippen LogP contribution in [0.5, 0.6) is 0 Å². The van der Waals surface area contributed by atoms with E-state index in [4.69, 9.17) is 16.3 Å². The third kappa shape index (κ3) is 1.98. The van der Waals surface area contributed by atoms with Crippen molar-refractivity contribution in [2.24, 2.45) is 5.73 Å². The van der Waals surface area contributed by atoms with Gasteiger partial charge in [-0.15, -0.1) is 0 Å². The smallest absolute Gasteiger partial charge is 0.176 e. The summed E-state index contributed by atoms with van der Waals surface area (Å²) >= 11 is 0. The van der Waals surface area contributed by atoms with Gasteiger partial charge >= 0.3 is 0 Å². The monoisotopic (exact) mass is 187 g/mol. The van der Waals surface area contributed by atoms with Crippen molar-refractivity contribution in [2.75, 3.05) is 6.54 Å². The summed E-state index contributed by atoms with van der Waals surface area (Å²) in [5.41, 5.74) is 5.71. The highest BCUT2D eigenvalue weighted by Gasteiger charge is 2.07. The van der Waals surface area contributed by atoms with Crippen LogP contribution in [0, 0.1) is 22.7 Å². The molecule has 0 unspecified atom stereocenters. The van der Waals surface area contributed by atoms with Crippen molar-refractivity contribution in [3.05, 3.63) is 29.9 Å². The van der Waals surface area contributed by atoms with Crippen molar-refractivity contribution in [2.45, 2.75) is 6.54 Å². The molecule has 0 aliphatic rings. The minimum absolute atomic E-state index is 0.161. The van der Waals surface area contributed by atoms with Crippen LogP contribution in [0.2, 0.25) is 0 Å². The lowest BCUT2D eigenvalue weighted by Gasteiger charge is -1.96. The molecule has 0 spiro atoms. The van der Waals surface area contributed by atoms with E-state index in [9.17, 15) is 0 Å². The van der Waals surface area contributed by atoms with Gasteiger partial charge in [-0.3, -0.25) is 0 Å². The number of aromatic nitrogens is 2. The Kier molecular flexibility index (Phi) is 3.42. The molecule has 14 heavy (non-hydrogen) atoms. The summed E-state index contributed by atoms with van der Waals surface area (Å²) in [6.07, 6.45) is 5.08. The topological polar surface area (TPSA) is 91.4 Å². The van der Waals surface area contributed by atoms with Crippen LogP contribution in [0.25, 0.3) is 0 Å². The van der Waals surface area contributed by atoms with Crippen molar-refractivity contribution >= 4 is 0 Å². The van der Waals surface area contributed by atoms with Crippen molar-refractivity contribution in [1.29, 1.82) is 10.5 Å². The highest BCUT2D eigenvalue weighted by molar-refractivity contribution is 5.36. The largest absolute Gasteiger partial charge is 0.327 e. The summed E-state index contributed by atoms with van der Waals surface area (Å²) in [6, 6.07) is 3.79. The second-order valence-electron chi connectivity index (χ2n) is 2.52. The Labute approximate surface area is 81.7 Å². The van der Waals surface area contributed by atoms with Crippen LogP contribution in [-0.2, 0) is 6.54 Å². The Bertz CT molecular complexity index is 415. The van der Waals surface area contributed by atoms with E-state index in [0.29, 0.717) is 13.1 Å². The molecule has 0 aromatic carbocycles. The van der Waals surface area contributed by atoms with Gasteiger partial charge in [0, 0.05) is 13.1 Å². The molecule has 70 valence electrons. The molecule has 1 aromatic rings. The second kappa shape index (κ2) is 4.80. The van der Waals surface area contributed by atoms with Crippen molar-refractivity contribution in [1.82, 2.24) is 9.55 Å². The summed E-state index contributed by atoms with van der Waals surface area (Å²) in [4.78, 5) is 3.80. The van der Waals surface area contributed by atoms with E-state index < -0.39 is 0 Å². The Hall–Kier alpha value is -2.11. The lowest BCUT2D eigenvalue weighted by Crippen LogP contribution is -1.99. The quantitative estimate of drug-likeness (QED) is 0.681. The van der Waals surface area contributed by atoms with E-state index in [0.717, 1.165) is 0 Å². The standard InChI is InChI=1S/C9H9N5/c10-3-1-2-4-14-7-13-8(5-11)9(14)6-12/h1-2,7H,3-4,10H2/b2-1+. The molecule has 0 aliphatic heterocycles. The lowest BCUT2D eigenvalue weighted by molar-refractivity contribution is 0.805. The Balaban J connectivity index is 2.90. The highest BCUT2D eigenvalue weighted by Crippen LogP contribution is 2.04. The van der Waals surface area contributed by atoms with Crippen LogP contribution in [0.3, 0.4) is 0 Å². The first kappa shape index (κ1) is 9.97. The number of imidazole rings is 1. The van der Waals surface area contributed by atoms with Gasteiger partial charge in [0.1, 0.15) is 12.1 Å². The maximum atomic E-state index is 8.77. The van der Waals surface area contributed by atoms with Gasteiger partial charge in [-0.2, -0.15) is 10.5 Å². The average Bonchev–Trinajstić information content (AvgIpc) is 2.60. The highest BCUT2D eigenvalue weighted by atomic mass is 15.0. The zero-order chi connectivity index (χ0) is 10.4. The minimum Gasteiger partial charge on any atom is -0.327 e. The molecule has 0 bridgehead atoms. The van der Waals surface area contributed by atoms with Gasteiger partial charge in [-0.05, 0) is 0 Å². The van der Waals surface area contributed by atoms with Gasteiger partial charge in [0.2, 0.25) is 0 Å². The maximum Gasteiger partial charge on any atom is 0.176 e. The van der Waals surface area contributed by atoms with Crippen molar-refractivity contribution in [3.63, 3.8) is 0 Å². The number of nitriles is 2. The number of rotatable bonds is 3. The third-order valence-corrected chi connectivity index (χ3v) is 1.65. The third-order valence-electron chi connectivity index (χ3n) is 1.65. The predicted molar refractivity (Wildman–Crippen MR) is 49.9 cm³/mol. The number of nitrogens with two attached hydrogens (primary N) is 1. The Morgan fingerprint density at radius 2 is 2.21 bits per heavy atom. The average molecular weight is 187 g/mol. The van der Waals surface area contributed by atoms with Crippen LogP contribution in [0.1, 0.15) is 11.4 Å². The number of nitrogens with zero attached hydrogens (tertiary/aromatic N) is 4. The molecule has 0 amide bonds. The summed E-state index contributed by atoms with van der Waals surface area (Å²) in [5, 5.41) is 17.4. The first-order valence-corrected chi connectivity index (χ1v) is 4.04. The molecule has 0 saturated heterocycles. The van der Waals surface area contributed by atoms with E-state index in [1.807, 2.05) is 18.2 Å². The fourth-order valence-corrected chi connectivity index (χ4v) is 1.00. The molecule has 1 heterocycles. The van der Waals surface area contributed by atoms with E-state index in [2.05, 4.69) is 4.98 Å². The van der Waals surface area contributed by atoms with Crippen LogP contribution >= 0.6 is 0 Å². The summed E-state index contributed by atoms with van der Waals surface area (Å²) < 4.78 is 1.60. The van der Waals surface area contributed by atoms with Crippen LogP contribution in [-0.4, -0.2) is 16.1 Å². The molecular formula is C9H9N5. The minimum atomic E-state index is 0.161. The SMILES string of the molecule is N#Cc1ncn(C/C=C/CN)c1C#N. The van der Waals surface area contributed by atoms with Gasteiger partial charge < -0.3 is 10.3 Å². The molecule has 1 aromatic heterocycles. The molecular weight excluding hydrogens is 178 g/mol. The first-order valence-electron chi connectivity index (χ1n) is 4.04. The molecule has 0 aliphatic carbocycles. The van der Waals surface area contributed by atoms with Crippen LogP contribution < -0.4 is 5.73 Å². The predicted octanol–water partition coefficient (Wildman–Crippen LogP) is 0.141. The van der Waals surface area contributed by atoms with Gasteiger partial charge in [-0.25, -0.2) is 4.98 Å². The van der Waals surface area contributed by atoms with Crippen LogP contribution in [0.15, 0.2) is 18.5 Å². The molecule has 1 rings (SSSR count). The summed E-state index contributed by atoms with van der Waals surface area (Å²) in [5.74, 6) is 0. The van der Waals surface area contributed by atoms with Gasteiger partial charge in [0.05, 0.1) is 6.33 Å². The van der Waals surface area contributed by atoms with E-state index in [1.54, 1.807) is 10.6 Å². The lowest BCUT2D eigenvalue weighted by atomic mass is 10.3. The Morgan fingerprint density at radius 1 is 1.43 bits per heavy atom. The molecule has 5 nitrogen and oxygen atoms in total. The number of hydrogen-bond acceptors (Lipinski definition) is 4.